The zero-order valence-electron chi connectivity index (χ0n) is 15.0. The third kappa shape index (κ3) is 4.70. The smallest absolute Gasteiger partial charge is 0.406 e. The highest BCUT2D eigenvalue weighted by atomic mass is 32.2. The summed E-state index contributed by atoms with van der Waals surface area (Å²) in [5, 5.41) is 11.7. The fourth-order valence-corrected chi connectivity index (χ4v) is 4.71. The van der Waals surface area contributed by atoms with E-state index in [1.807, 2.05) is 13.0 Å². The minimum Gasteiger partial charge on any atom is -0.406 e. The molecule has 1 aliphatic rings. The molecule has 4 nitrogen and oxygen atoms in total. The van der Waals surface area contributed by atoms with E-state index >= 15 is 0 Å². The van der Waals surface area contributed by atoms with Crippen LogP contribution < -0.4 is 4.74 Å². The van der Waals surface area contributed by atoms with Gasteiger partial charge in [0.1, 0.15) is 11.6 Å². The number of ether oxygens (including phenoxy) is 1. The number of nitrogens with zero attached hydrogens (tertiary/aromatic N) is 3. The van der Waals surface area contributed by atoms with Gasteiger partial charge in [-0.3, -0.25) is 0 Å². The Morgan fingerprint density at radius 1 is 1.21 bits per heavy atom. The Labute approximate surface area is 168 Å². The lowest BCUT2D eigenvalue weighted by Crippen LogP contribution is -2.17. The predicted octanol–water partition coefficient (Wildman–Crippen LogP) is 6.02. The van der Waals surface area contributed by atoms with Crippen LogP contribution in [-0.4, -0.2) is 21.1 Å². The normalized spacial score (nSPS) is 15.6. The van der Waals surface area contributed by atoms with Gasteiger partial charge >= 0.3 is 6.36 Å². The largest absolute Gasteiger partial charge is 0.573 e. The predicted molar refractivity (Wildman–Crippen MR) is 103 cm³/mol. The molecule has 1 aromatic carbocycles. The first-order chi connectivity index (χ1) is 13.4. The van der Waals surface area contributed by atoms with Crippen LogP contribution in [0, 0.1) is 0 Å². The van der Waals surface area contributed by atoms with E-state index in [9.17, 15) is 13.2 Å². The highest BCUT2D eigenvalue weighted by molar-refractivity contribution is 7.99. The SMILES string of the molecule is CC(Sc1nnc(Cc2cccs2)n1C1CC1)c1ccc(OC(F)(F)F)cc1. The summed E-state index contributed by atoms with van der Waals surface area (Å²) in [4.78, 5) is 1.25. The van der Waals surface area contributed by atoms with Crippen LogP contribution in [0.1, 0.15) is 47.3 Å². The van der Waals surface area contributed by atoms with E-state index in [0.29, 0.717) is 6.04 Å². The van der Waals surface area contributed by atoms with Crippen molar-refractivity contribution >= 4 is 23.1 Å². The van der Waals surface area contributed by atoms with Crippen LogP contribution in [0.2, 0.25) is 0 Å². The Balaban J connectivity index is 1.48. The third-order valence-electron chi connectivity index (χ3n) is 4.42. The van der Waals surface area contributed by atoms with Crippen LogP contribution in [0.3, 0.4) is 0 Å². The number of hydrogen-bond donors (Lipinski definition) is 0. The van der Waals surface area contributed by atoms with Crippen LogP contribution in [0.25, 0.3) is 0 Å². The molecule has 0 amide bonds. The summed E-state index contributed by atoms with van der Waals surface area (Å²) < 4.78 is 43.1. The summed E-state index contributed by atoms with van der Waals surface area (Å²) in [6.07, 6.45) is -1.66. The third-order valence-corrected chi connectivity index (χ3v) is 6.42. The second-order valence-electron chi connectivity index (χ2n) is 6.63. The van der Waals surface area contributed by atoms with Crippen molar-refractivity contribution in [2.45, 2.75) is 49.0 Å². The summed E-state index contributed by atoms with van der Waals surface area (Å²) in [5.41, 5.74) is 0.907. The van der Waals surface area contributed by atoms with E-state index in [1.54, 1.807) is 35.2 Å². The first-order valence-corrected chi connectivity index (χ1v) is 10.6. The summed E-state index contributed by atoms with van der Waals surface area (Å²) in [7, 11) is 0. The maximum Gasteiger partial charge on any atom is 0.573 e. The lowest BCUT2D eigenvalue weighted by Gasteiger charge is -2.14. The topological polar surface area (TPSA) is 39.9 Å². The standard InChI is InChI=1S/C19H18F3N3OS2/c1-12(13-4-8-15(9-5-13)26-19(20,21)22)28-18-24-23-17(25(18)14-6-7-14)11-16-3-2-10-27-16/h2-5,8-10,12,14H,6-7,11H2,1H3. The quantitative estimate of drug-likeness (QED) is 0.434. The van der Waals surface area contributed by atoms with Crippen LogP contribution in [-0.2, 0) is 6.42 Å². The van der Waals surface area contributed by atoms with Gasteiger partial charge < -0.3 is 9.30 Å². The number of thiophene rings is 1. The van der Waals surface area contributed by atoms with Crippen LogP contribution in [0.5, 0.6) is 5.75 Å². The summed E-state index contributed by atoms with van der Waals surface area (Å²) in [6.45, 7) is 2.01. The molecule has 1 saturated carbocycles. The highest BCUT2D eigenvalue weighted by Gasteiger charge is 2.32. The molecule has 148 valence electrons. The number of halogens is 3. The maximum absolute atomic E-state index is 12.3. The minimum atomic E-state index is -4.68. The van der Waals surface area contributed by atoms with Crippen molar-refractivity contribution in [1.29, 1.82) is 0 Å². The van der Waals surface area contributed by atoms with E-state index in [1.165, 1.54) is 17.0 Å². The molecule has 1 aliphatic carbocycles. The molecule has 9 heteroatoms. The first kappa shape index (κ1) is 19.3. The molecule has 2 heterocycles. The molecule has 4 rings (SSSR count). The lowest BCUT2D eigenvalue weighted by atomic mass is 10.2. The molecule has 0 bridgehead atoms. The molecule has 0 N–H and O–H groups in total. The van der Waals surface area contributed by atoms with Gasteiger partial charge in [0.05, 0.1) is 0 Å². The average molecular weight is 426 g/mol. The van der Waals surface area contributed by atoms with Crippen molar-refractivity contribution in [3.8, 4) is 5.75 Å². The van der Waals surface area contributed by atoms with Crippen molar-refractivity contribution in [2.75, 3.05) is 0 Å². The van der Waals surface area contributed by atoms with E-state index in [-0.39, 0.29) is 11.0 Å². The van der Waals surface area contributed by atoms with Gasteiger partial charge in [0.2, 0.25) is 0 Å². The van der Waals surface area contributed by atoms with Crippen molar-refractivity contribution in [1.82, 2.24) is 14.8 Å². The highest BCUT2D eigenvalue weighted by Crippen LogP contribution is 2.42. The molecule has 3 aromatic rings. The number of hydrogen-bond acceptors (Lipinski definition) is 5. The van der Waals surface area contributed by atoms with Crippen LogP contribution >= 0.6 is 23.1 Å². The van der Waals surface area contributed by atoms with Crippen molar-refractivity contribution in [3.63, 3.8) is 0 Å². The average Bonchev–Trinajstić information content (AvgIpc) is 3.19. The van der Waals surface area contributed by atoms with Crippen LogP contribution in [0.4, 0.5) is 13.2 Å². The Bertz CT molecular complexity index is 919. The number of rotatable bonds is 7. The summed E-state index contributed by atoms with van der Waals surface area (Å²) >= 11 is 3.28. The van der Waals surface area contributed by atoms with Gasteiger partial charge in [-0.15, -0.1) is 34.7 Å². The molecule has 28 heavy (non-hydrogen) atoms. The Kier molecular flexibility index (Phi) is 5.37. The van der Waals surface area contributed by atoms with E-state index < -0.39 is 6.36 Å². The molecule has 0 spiro atoms. The zero-order valence-corrected chi connectivity index (χ0v) is 16.7. The molecule has 1 fully saturated rings. The molecular formula is C19H18F3N3OS2. The van der Waals surface area contributed by atoms with Gasteiger partial charge in [-0.05, 0) is 48.9 Å². The minimum absolute atomic E-state index is 0.0243. The monoisotopic (exact) mass is 425 g/mol. The number of aromatic nitrogens is 3. The number of thioether (sulfide) groups is 1. The Morgan fingerprint density at radius 3 is 2.57 bits per heavy atom. The second kappa shape index (κ2) is 7.79. The fraction of sp³-hybridized carbons (Fsp3) is 0.368. The molecule has 2 aromatic heterocycles. The molecule has 1 unspecified atom stereocenters. The Morgan fingerprint density at radius 2 is 1.96 bits per heavy atom. The van der Waals surface area contributed by atoms with E-state index in [4.69, 9.17) is 0 Å². The van der Waals surface area contributed by atoms with E-state index in [2.05, 4.69) is 30.9 Å². The van der Waals surface area contributed by atoms with Crippen molar-refractivity contribution < 1.29 is 17.9 Å². The molecule has 0 saturated heterocycles. The van der Waals surface area contributed by atoms with Gasteiger partial charge in [-0.2, -0.15) is 0 Å². The van der Waals surface area contributed by atoms with Gasteiger partial charge in [0, 0.05) is 22.6 Å². The van der Waals surface area contributed by atoms with Gasteiger partial charge in [-0.25, -0.2) is 0 Å². The molecular weight excluding hydrogens is 407 g/mol. The van der Waals surface area contributed by atoms with Gasteiger partial charge in [0.15, 0.2) is 5.16 Å². The lowest BCUT2D eigenvalue weighted by molar-refractivity contribution is -0.274. The zero-order chi connectivity index (χ0) is 19.7. The molecule has 0 radical (unpaired) electrons. The summed E-state index contributed by atoms with van der Waals surface area (Å²) in [5.74, 6) is 0.751. The number of alkyl halides is 3. The molecule has 1 atom stereocenters. The van der Waals surface area contributed by atoms with Crippen molar-refractivity contribution in [2.24, 2.45) is 0 Å². The summed E-state index contributed by atoms with van der Waals surface area (Å²) in [6, 6.07) is 10.6. The van der Waals surface area contributed by atoms with Crippen molar-refractivity contribution in [3.05, 3.63) is 58.0 Å². The van der Waals surface area contributed by atoms with Gasteiger partial charge in [-0.1, -0.05) is 30.0 Å². The maximum atomic E-state index is 12.3. The Hall–Kier alpha value is -2.00. The fourth-order valence-electron chi connectivity index (χ4n) is 2.94. The first-order valence-electron chi connectivity index (χ1n) is 8.87. The second-order valence-corrected chi connectivity index (χ2v) is 8.97. The van der Waals surface area contributed by atoms with Crippen LogP contribution in [0.15, 0.2) is 46.9 Å². The number of benzene rings is 1. The molecule has 0 aliphatic heterocycles. The van der Waals surface area contributed by atoms with Gasteiger partial charge in [0.25, 0.3) is 0 Å². The van der Waals surface area contributed by atoms with E-state index in [0.717, 1.165) is 35.8 Å².